The van der Waals surface area contributed by atoms with E-state index in [-0.39, 0.29) is 5.41 Å². The molecule has 0 fully saturated rings. The van der Waals surface area contributed by atoms with Crippen molar-refractivity contribution in [1.29, 1.82) is 0 Å². The molecule has 18 aromatic rings. The van der Waals surface area contributed by atoms with E-state index in [0.29, 0.717) is 11.5 Å². The summed E-state index contributed by atoms with van der Waals surface area (Å²) in [6.07, 6.45) is 5.89. The van der Waals surface area contributed by atoms with Crippen LogP contribution in [0.2, 0.25) is 0 Å². The number of imidazole rings is 1. The molecule has 450 valence electrons. The van der Waals surface area contributed by atoms with Gasteiger partial charge in [0.25, 0.3) is 6.33 Å². The number of fused-ring (bicyclic) bond motifs is 10. The molecule has 0 atom stereocenters. The fraction of sp³-hybridized carbons (Fsp3) is 0.0455. The minimum absolute atomic E-state index is 0.0511. The molecule has 0 aliphatic rings. The molecule has 18 rings (SSSR count). The van der Waals surface area contributed by atoms with Crippen LogP contribution in [-0.2, 0) is 5.41 Å². The maximum Gasteiger partial charge on any atom is 0.269 e. The maximum absolute atomic E-state index is 6.96. The van der Waals surface area contributed by atoms with Crippen LogP contribution in [0.5, 0.6) is 11.5 Å². The van der Waals surface area contributed by atoms with Crippen molar-refractivity contribution in [1.82, 2.24) is 14.1 Å². The Balaban J connectivity index is 0.821. The zero-order valence-electron chi connectivity index (χ0n) is 52.5. The second-order valence-electron chi connectivity index (χ2n) is 25.6. The van der Waals surface area contributed by atoms with E-state index < -0.39 is 0 Å². The number of furan rings is 2. The van der Waals surface area contributed by atoms with Gasteiger partial charge in [-0.2, -0.15) is 0 Å². The van der Waals surface area contributed by atoms with Crippen molar-refractivity contribution in [2.24, 2.45) is 0 Å². The molecule has 5 heterocycles. The van der Waals surface area contributed by atoms with Gasteiger partial charge >= 0.3 is 0 Å². The minimum atomic E-state index is -0.0511. The van der Waals surface area contributed by atoms with Gasteiger partial charge in [-0.25, -0.2) is 4.98 Å². The summed E-state index contributed by atoms with van der Waals surface area (Å²) in [5.41, 5.74) is 23.3. The van der Waals surface area contributed by atoms with Crippen molar-refractivity contribution in [3.8, 4) is 95.5 Å². The van der Waals surface area contributed by atoms with Gasteiger partial charge in [-0.3, -0.25) is 13.7 Å². The second kappa shape index (κ2) is 22.2. The van der Waals surface area contributed by atoms with Crippen molar-refractivity contribution in [3.05, 3.63) is 321 Å². The third-order valence-electron chi connectivity index (χ3n) is 18.8. The molecule has 0 aliphatic heterocycles. The van der Waals surface area contributed by atoms with Crippen LogP contribution in [0.25, 0.3) is 161 Å². The van der Waals surface area contributed by atoms with E-state index in [1.165, 1.54) is 5.56 Å². The molecule has 0 bridgehead atoms. The summed E-state index contributed by atoms with van der Waals surface area (Å²) in [4.78, 5) is 4.95. The number of para-hydroxylation sites is 4. The molecule has 0 N–H and O–H groups in total. The number of aromatic nitrogens is 4. The Morgan fingerprint density at radius 2 is 0.884 bits per heavy atom. The number of hydrogen-bond donors (Lipinski definition) is 0. The molecule has 0 unspecified atom stereocenters. The molecule has 0 saturated heterocycles. The number of ether oxygens (including phenoxy) is 1. The lowest BCUT2D eigenvalue weighted by atomic mass is 9.88. The third-order valence-corrected chi connectivity index (χ3v) is 18.8. The molecule has 0 amide bonds. The van der Waals surface area contributed by atoms with Crippen molar-refractivity contribution in [3.63, 3.8) is 0 Å². The average Bonchev–Trinajstić information content (AvgIpc) is 1.68. The number of hydrogen-bond acceptors (Lipinski definition) is 4. The minimum Gasteiger partial charge on any atom is -0.458 e. The fourth-order valence-corrected chi connectivity index (χ4v) is 14.1. The van der Waals surface area contributed by atoms with E-state index in [2.05, 4.69) is 338 Å². The quantitative estimate of drug-likeness (QED) is 0.0956. The largest absolute Gasteiger partial charge is 0.458 e. The van der Waals surface area contributed by atoms with Crippen LogP contribution < -0.4 is 9.30 Å². The van der Waals surface area contributed by atoms with Gasteiger partial charge in [-0.05, 0) is 164 Å². The van der Waals surface area contributed by atoms with Crippen LogP contribution in [0.3, 0.4) is 0 Å². The Morgan fingerprint density at radius 3 is 1.48 bits per heavy atom. The zero-order valence-corrected chi connectivity index (χ0v) is 52.5. The molecule has 95 heavy (non-hydrogen) atoms. The molecular weight excluding hydrogens is 1160 g/mol. The van der Waals surface area contributed by atoms with Gasteiger partial charge in [0.2, 0.25) is 0 Å². The Morgan fingerprint density at radius 1 is 0.368 bits per heavy atom. The van der Waals surface area contributed by atoms with Crippen molar-refractivity contribution in [2.75, 3.05) is 0 Å². The number of rotatable bonds is 11. The predicted molar refractivity (Wildman–Crippen MR) is 388 cm³/mol. The fourth-order valence-electron chi connectivity index (χ4n) is 14.1. The molecule has 5 aromatic heterocycles. The van der Waals surface area contributed by atoms with Crippen LogP contribution in [0.4, 0.5) is 0 Å². The van der Waals surface area contributed by atoms with Gasteiger partial charge in [-0.1, -0.05) is 221 Å². The average molecular weight is 1220 g/mol. The highest BCUT2D eigenvalue weighted by atomic mass is 16.5. The smallest absolute Gasteiger partial charge is 0.269 e. The van der Waals surface area contributed by atoms with Crippen molar-refractivity contribution >= 4 is 76.7 Å². The first-order valence-corrected chi connectivity index (χ1v) is 32.3. The van der Waals surface area contributed by atoms with Gasteiger partial charge in [0.1, 0.15) is 39.6 Å². The molecule has 0 saturated carbocycles. The normalized spacial score (nSPS) is 11.9. The van der Waals surface area contributed by atoms with Gasteiger partial charge in [-0.15, -0.1) is 0 Å². The van der Waals surface area contributed by atoms with Crippen LogP contribution in [0, 0.1) is 6.33 Å². The molecule has 7 nitrogen and oxygen atoms in total. The lowest BCUT2D eigenvalue weighted by molar-refractivity contribution is -0.571. The molecular formula is C88H60N4O3. The topological polar surface area (TPSA) is 62.1 Å². The van der Waals surface area contributed by atoms with E-state index in [1.54, 1.807) is 0 Å². The summed E-state index contributed by atoms with van der Waals surface area (Å²) < 4.78 is 27.5. The highest BCUT2D eigenvalue weighted by Crippen LogP contribution is 2.46. The van der Waals surface area contributed by atoms with E-state index in [4.69, 9.17) is 18.6 Å². The third kappa shape index (κ3) is 9.58. The summed E-state index contributed by atoms with van der Waals surface area (Å²) in [5, 5.41) is 6.43. The zero-order chi connectivity index (χ0) is 63.3. The Bertz CT molecular complexity index is 5810. The van der Waals surface area contributed by atoms with Crippen LogP contribution in [0.15, 0.2) is 318 Å². The lowest BCUT2D eigenvalue weighted by Gasteiger charge is -2.20. The van der Waals surface area contributed by atoms with Gasteiger partial charge in [0.15, 0.2) is 0 Å². The van der Waals surface area contributed by atoms with E-state index in [1.807, 2.05) is 12.3 Å². The van der Waals surface area contributed by atoms with Crippen LogP contribution in [-0.4, -0.2) is 14.1 Å². The number of benzene rings is 13. The first kappa shape index (κ1) is 55.5. The Kier molecular flexibility index (Phi) is 13.0. The first-order valence-electron chi connectivity index (χ1n) is 32.3. The molecule has 13 aromatic carbocycles. The van der Waals surface area contributed by atoms with E-state index in [0.717, 1.165) is 161 Å². The summed E-state index contributed by atoms with van der Waals surface area (Å²) in [6, 6.07) is 108. The first-order chi connectivity index (χ1) is 46.7. The number of nitrogens with zero attached hydrogens (tertiary/aromatic N) is 4. The van der Waals surface area contributed by atoms with Crippen LogP contribution >= 0.6 is 0 Å². The predicted octanol–water partition coefficient (Wildman–Crippen LogP) is 23.1. The van der Waals surface area contributed by atoms with Crippen LogP contribution in [0.1, 0.15) is 26.3 Å². The van der Waals surface area contributed by atoms with Crippen molar-refractivity contribution in [2.45, 2.75) is 26.2 Å². The van der Waals surface area contributed by atoms with E-state index >= 15 is 0 Å². The molecule has 0 aliphatic carbocycles. The highest BCUT2D eigenvalue weighted by molar-refractivity contribution is 6.15. The molecule has 0 radical (unpaired) electrons. The Hall–Kier alpha value is -12.3. The maximum atomic E-state index is 6.96. The summed E-state index contributed by atoms with van der Waals surface area (Å²) >= 11 is 0. The highest BCUT2D eigenvalue weighted by Gasteiger charge is 2.25. The number of pyridine rings is 1. The summed E-state index contributed by atoms with van der Waals surface area (Å²) in [7, 11) is 0. The second-order valence-corrected chi connectivity index (χ2v) is 25.6. The monoisotopic (exact) mass is 1220 g/mol. The lowest BCUT2D eigenvalue weighted by Crippen LogP contribution is -2.31. The Labute approximate surface area is 548 Å². The standard InChI is InChI=1S/C88H60N4O3/c1-88(2,3)64-44-45-89-84(52-64)92-78-35-17-16-32-70(78)71-41-40-67(54-81(71)92)93-66-31-20-30-65(53-66)90-55-91(80-37-19-18-36-79(80)90)85-68(60-38-42-82-74(46-60)76-50-62(56-22-8-4-9-23-56)48-72(86(76)94-82)58-26-12-6-13-27-58)33-21-34-69(85)61-39-43-83-75(47-61)77-51-63(57-24-10-5-11-25-57)49-73(87(77)95-83)59-28-14-7-15-29-59/h4-54H,1-3H3. The van der Waals surface area contributed by atoms with Gasteiger partial charge in [0, 0.05) is 55.7 Å². The van der Waals surface area contributed by atoms with E-state index in [9.17, 15) is 0 Å². The molecule has 0 spiro atoms. The van der Waals surface area contributed by atoms with Gasteiger partial charge < -0.3 is 13.6 Å². The summed E-state index contributed by atoms with van der Waals surface area (Å²) in [5.74, 6) is 2.27. The SMILES string of the molecule is CC(C)(C)c1ccnc(-n2c3ccccc3c3ccc(Oc4cccc(-n5[c-][n+](-c6c(-c7ccc8oc9c(-c%10ccccc%10)cc(-c%10ccccc%10)cc9c8c7)cccc6-c6ccc7oc8c(-c9ccccc9)cc(-c9ccccc9)cc8c7c6)c6ccccc65)c4)cc32)c1. The van der Waals surface area contributed by atoms with Gasteiger partial charge in [0.05, 0.1) is 33.4 Å². The summed E-state index contributed by atoms with van der Waals surface area (Å²) in [6.45, 7) is 6.71. The molecule has 7 heteroatoms. The van der Waals surface area contributed by atoms with Crippen molar-refractivity contribution < 1.29 is 18.1 Å².